The van der Waals surface area contributed by atoms with Crippen LogP contribution in [0.4, 0.5) is 4.39 Å². The number of ether oxygens (including phenoxy) is 2. The van der Waals surface area contributed by atoms with Gasteiger partial charge in [0.25, 0.3) is 5.91 Å². The number of amides is 1. The first-order chi connectivity index (χ1) is 13.0. The molecule has 1 saturated heterocycles. The van der Waals surface area contributed by atoms with Gasteiger partial charge in [0.2, 0.25) is 0 Å². The minimum absolute atomic E-state index is 0.0824. The molecule has 1 atom stereocenters. The third-order valence-electron chi connectivity index (χ3n) is 4.32. The van der Waals surface area contributed by atoms with Crippen molar-refractivity contribution in [3.63, 3.8) is 0 Å². The standard InChI is InChI=1S/C19H22ClFN2O4/c1-13-2-4-18(27-13)16(23-6-8-25-9-7-23)11-22-19(24)12-26-17-5-3-14(21)10-15(17)20/h2-5,10,16H,6-9,11-12H2,1H3,(H,22,24). The highest BCUT2D eigenvalue weighted by Crippen LogP contribution is 2.25. The first-order valence-corrected chi connectivity index (χ1v) is 9.13. The molecule has 3 rings (SSSR count). The Balaban J connectivity index is 1.56. The zero-order valence-electron chi connectivity index (χ0n) is 15.0. The lowest BCUT2D eigenvalue weighted by molar-refractivity contribution is -0.123. The van der Waals surface area contributed by atoms with Gasteiger partial charge in [-0.3, -0.25) is 9.69 Å². The summed E-state index contributed by atoms with van der Waals surface area (Å²) in [5.74, 6) is 1.14. The summed E-state index contributed by atoms with van der Waals surface area (Å²) in [5.41, 5.74) is 0. The van der Waals surface area contributed by atoms with E-state index in [-0.39, 0.29) is 29.3 Å². The number of nitrogens with zero attached hydrogens (tertiary/aromatic N) is 1. The number of furan rings is 1. The highest BCUT2D eigenvalue weighted by molar-refractivity contribution is 6.32. The van der Waals surface area contributed by atoms with Gasteiger partial charge in [-0.05, 0) is 37.3 Å². The van der Waals surface area contributed by atoms with Crippen molar-refractivity contribution < 1.29 is 23.1 Å². The van der Waals surface area contributed by atoms with E-state index in [1.165, 1.54) is 12.1 Å². The first-order valence-electron chi connectivity index (χ1n) is 8.75. The fourth-order valence-electron chi connectivity index (χ4n) is 2.93. The fourth-order valence-corrected chi connectivity index (χ4v) is 3.15. The van der Waals surface area contributed by atoms with Crippen molar-refractivity contribution in [2.45, 2.75) is 13.0 Å². The van der Waals surface area contributed by atoms with Crippen molar-refractivity contribution in [3.05, 3.63) is 52.7 Å². The molecule has 6 nitrogen and oxygen atoms in total. The summed E-state index contributed by atoms with van der Waals surface area (Å²) < 4.78 is 29.6. The van der Waals surface area contributed by atoms with Crippen LogP contribution in [0.1, 0.15) is 17.6 Å². The number of benzene rings is 1. The number of carbonyl (C=O) groups excluding carboxylic acids is 1. The number of nitrogens with one attached hydrogen (secondary N) is 1. The lowest BCUT2D eigenvalue weighted by atomic mass is 10.1. The maximum Gasteiger partial charge on any atom is 0.258 e. The lowest BCUT2D eigenvalue weighted by Gasteiger charge is -2.33. The molecule has 1 N–H and O–H groups in total. The molecule has 1 aromatic heterocycles. The molecule has 1 aromatic carbocycles. The molecular formula is C19H22ClFN2O4. The van der Waals surface area contributed by atoms with Crippen LogP contribution in [-0.2, 0) is 9.53 Å². The van der Waals surface area contributed by atoms with Crippen molar-refractivity contribution in [3.8, 4) is 5.75 Å². The van der Waals surface area contributed by atoms with Crippen LogP contribution in [-0.4, -0.2) is 50.3 Å². The summed E-state index contributed by atoms with van der Waals surface area (Å²) in [6.45, 7) is 4.89. The van der Waals surface area contributed by atoms with E-state index in [4.69, 9.17) is 25.5 Å². The number of aryl methyl sites for hydroxylation is 1. The van der Waals surface area contributed by atoms with Crippen LogP contribution < -0.4 is 10.1 Å². The molecule has 0 saturated carbocycles. The largest absolute Gasteiger partial charge is 0.482 e. The van der Waals surface area contributed by atoms with Crippen LogP contribution in [0.15, 0.2) is 34.7 Å². The predicted octanol–water partition coefficient (Wildman–Crippen LogP) is 2.95. The summed E-state index contributed by atoms with van der Waals surface area (Å²) in [4.78, 5) is 14.4. The van der Waals surface area contributed by atoms with E-state index in [0.29, 0.717) is 19.8 Å². The number of morpholine rings is 1. The second-order valence-electron chi connectivity index (χ2n) is 6.28. The Kier molecular flexibility index (Phi) is 6.71. The van der Waals surface area contributed by atoms with Gasteiger partial charge in [-0.15, -0.1) is 0 Å². The van der Waals surface area contributed by atoms with E-state index >= 15 is 0 Å². The second-order valence-corrected chi connectivity index (χ2v) is 6.69. The van der Waals surface area contributed by atoms with Crippen LogP contribution >= 0.6 is 11.6 Å². The minimum atomic E-state index is -0.459. The quantitative estimate of drug-likeness (QED) is 0.779. The third-order valence-corrected chi connectivity index (χ3v) is 4.62. The average Bonchev–Trinajstić information content (AvgIpc) is 3.08. The molecule has 0 spiro atoms. The first kappa shape index (κ1) is 19.7. The van der Waals surface area contributed by atoms with Gasteiger partial charge in [-0.1, -0.05) is 11.6 Å². The molecule has 1 aliphatic heterocycles. The summed E-state index contributed by atoms with van der Waals surface area (Å²) in [6, 6.07) is 7.52. The molecule has 1 unspecified atom stereocenters. The van der Waals surface area contributed by atoms with Gasteiger partial charge in [-0.25, -0.2) is 4.39 Å². The van der Waals surface area contributed by atoms with Crippen LogP contribution in [0.5, 0.6) is 5.75 Å². The number of hydrogen-bond donors (Lipinski definition) is 1. The number of halogens is 2. The summed E-state index contributed by atoms with van der Waals surface area (Å²) in [7, 11) is 0. The van der Waals surface area contributed by atoms with Crippen molar-refractivity contribution in [2.24, 2.45) is 0 Å². The van der Waals surface area contributed by atoms with Crippen LogP contribution in [0.2, 0.25) is 5.02 Å². The molecule has 0 radical (unpaired) electrons. The van der Waals surface area contributed by atoms with Crippen LogP contribution in [0, 0.1) is 12.7 Å². The zero-order valence-corrected chi connectivity index (χ0v) is 15.8. The predicted molar refractivity (Wildman–Crippen MR) is 98.5 cm³/mol. The van der Waals surface area contributed by atoms with Crippen molar-refractivity contribution >= 4 is 17.5 Å². The molecular weight excluding hydrogens is 375 g/mol. The monoisotopic (exact) mass is 396 g/mol. The number of carbonyl (C=O) groups is 1. The Morgan fingerprint density at radius 1 is 1.33 bits per heavy atom. The summed E-state index contributed by atoms with van der Waals surface area (Å²) >= 11 is 5.90. The average molecular weight is 397 g/mol. The fraction of sp³-hybridized carbons (Fsp3) is 0.421. The van der Waals surface area contributed by atoms with Gasteiger partial charge in [0.15, 0.2) is 6.61 Å². The molecule has 146 valence electrons. The van der Waals surface area contributed by atoms with Crippen molar-refractivity contribution in [1.82, 2.24) is 10.2 Å². The number of rotatable bonds is 7. The molecule has 0 aliphatic carbocycles. The second kappa shape index (κ2) is 9.21. The Morgan fingerprint density at radius 3 is 2.78 bits per heavy atom. The minimum Gasteiger partial charge on any atom is -0.482 e. The SMILES string of the molecule is Cc1ccc(C(CNC(=O)COc2ccc(F)cc2Cl)N2CCOCC2)o1. The molecule has 0 bridgehead atoms. The number of hydrogen-bond acceptors (Lipinski definition) is 5. The lowest BCUT2D eigenvalue weighted by Crippen LogP contribution is -2.44. The Labute approximate surface area is 162 Å². The Bertz CT molecular complexity index is 777. The smallest absolute Gasteiger partial charge is 0.258 e. The van der Waals surface area contributed by atoms with E-state index in [1.54, 1.807) is 0 Å². The normalized spacial score (nSPS) is 16.1. The molecule has 1 aliphatic rings. The van der Waals surface area contributed by atoms with Gasteiger partial charge >= 0.3 is 0 Å². The van der Waals surface area contributed by atoms with Gasteiger partial charge in [0, 0.05) is 19.6 Å². The van der Waals surface area contributed by atoms with E-state index in [0.717, 1.165) is 30.7 Å². The van der Waals surface area contributed by atoms with Gasteiger partial charge in [-0.2, -0.15) is 0 Å². The summed E-state index contributed by atoms with van der Waals surface area (Å²) in [6.07, 6.45) is 0. The highest BCUT2D eigenvalue weighted by Gasteiger charge is 2.25. The van der Waals surface area contributed by atoms with Crippen LogP contribution in [0.25, 0.3) is 0 Å². The molecule has 2 aromatic rings. The van der Waals surface area contributed by atoms with Crippen molar-refractivity contribution in [1.29, 1.82) is 0 Å². The zero-order chi connectivity index (χ0) is 19.2. The van der Waals surface area contributed by atoms with E-state index in [2.05, 4.69) is 10.2 Å². The topological polar surface area (TPSA) is 63.9 Å². The Hall–Kier alpha value is -2.09. The van der Waals surface area contributed by atoms with Gasteiger partial charge in [0.05, 0.1) is 24.3 Å². The molecule has 1 amide bonds. The summed E-state index contributed by atoms with van der Waals surface area (Å²) in [5, 5.41) is 2.99. The van der Waals surface area contributed by atoms with E-state index < -0.39 is 5.82 Å². The Morgan fingerprint density at radius 2 is 2.11 bits per heavy atom. The van der Waals surface area contributed by atoms with Gasteiger partial charge in [0.1, 0.15) is 23.1 Å². The maximum atomic E-state index is 13.1. The van der Waals surface area contributed by atoms with E-state index in [1.807, 2.05) is 19.1 Å². The molecule has 2 heterocycles. The van der Waals surface area contributed by atoms with Crippen LogP contribution in [0.3, 0.4) is 0 Å². The van der Waals surface area contributed by atoms with Crippen molar-refractivity contribution in [2.75, 3.05) is 39.5 Å². The van der Waals surface area contributed by atoms with E-state index in [9.17, 15) is 9.18 Å². The third kappa shape index (κ3) is 5.45. The maximum absolute atomic E-state index is 13.1. The molecule has 8 heteroatoms. The molecule has 1 fully saturated rings. The van der Waals surface area contributed by atoms with Gasteiger partial charge < -0.3 is 19.2 Å². The highest BCUT2D eigenvalue weighted by atomic mass is 35.5. The molecule has 27 heavy (non-hydrogen) atoms.